The van der Waals surface area contributed by atoms with Crippen LogP contribution in [0.3, 0.4) is 0 Å². The van der Waals surface area contributed by atoms with Crippen LogP contribution in [-0.4, -0.2) is 15.2 Å². The molecule has 2 aromatic rings. The van der Waals surface area contributed by atoms with Crippen LogP contribution in [0.25, 0.3) is 0 Å². The van der Waals surface area contributed by atoms with Gasteiger partial charge in [-0.05, 0) is 24.3 Å². The summed E-state index contributed by atoms with van der Waals surface area (Å²) in [6, 6.07) is 20.3. The van der Waals surface area contributed by atoms with Crippen LogP contribution in [-0.2, 0) is 0 Å². The van der Waals surface area contributed by atoms with Crippen LogP contribution in [0, 0.1) is 0 Å². The summed E-state index contributed by atoms with van der Waals surface area (Å²) in [6.07, 6.45) is 0. The quantitative estimate of drug-likeness (QED) is 0.756. The Morgan fingerprint density at radius 1 is 0.688 bits per heavy atom. The maximum Gasteiger partial charge on any atom is 0.0384 e. The van der Waals surface area contributed by atoms with Gasteiger partial charge in [-0.3, -0.25) is 0 Å². The molecule has 0 atom stereocenters. The summed E-state index contributed by atoms with van der Waals surface area (Å²) in [7, 11) is 0. The normalized spacial score (nSPS) is 8.38. The standard InChI is InChI=1S/C12H11N.2CH3.Al/c1-3-7-11(8-4-1)13-12-9-5-2-6-10-12;;;/h1-10,13H;2*1H3;/q;;;+1. The van der Waals surface area contributed by atoms with Crippen molar-refractivity contribution in [2.75, 3.05) is 5.32 Å². The van der Waals surface area contributed by atoms with Gasteiger partial charge in [0, 0.05) is 11.4 Å². The summed E-state index contributed by atoms with van der Waals surface area (Å²) in [5.74, 6) is 4.42. The summed E-state index contributed by atoms with van der Waals surface area (Å²) < 4.78 is 0. The van der Waals surface area contributed by atoms with Crippen molar-refractivity contribution in [2.24, 2.45) is 0 Å². The van der Waals surface area contributed by atoms with E-state index in [-0.39, 0.29) is 0 Å². The van der Waals surface area contributed by atoms with E-state index >= 15 is 0 Å². The number of para-hydroxylation sites is 2. The van der Waals surface area contributed by atoms with Crippen LogP contribution >= 0.6 is 0 Å². The Hall–Kier alpha value is -1.23. The zero-order valence-electron chi connectivity index (χ0n) is 9.85. The molecule has 0 saturated heterocycles. The molecule has 0 radical (unpaired) electrons. The number of benzene rings is 2. The fraction of sp³-hybridized carbons (Fsp3) is 0.143. The van der Waals surface area contributed by atoms with Crippen LogP contribution in [0.2, 0.25) is 11.6 Å². The third-order valence-corrected chi connectivity index (χ3v) is 1.84. The molecule has 0 bridgehead atoms. The minimum atomic E-state index is 0.750. The molecule has 0 aromatic heterocycles. The van der Waals surface area contributed by atoms with Gasteiger partial charge in [-0.2, -0.15) is 0 Å². The number of hydrogen-bond acceptors (Lipinski definition) is 1. The number of hydrogen-bond donors (Lipinski definition) is 1. The Kier molecular flexibility index (Phi) is 6.41. The fourth-order valence-electron chi connectivity index (χ4n) is 1.21. The molecule has 0 heterocycles. The third kappa shape index (κ3) is 5.02. The predicted octanol–water partition coefficient (Wildman–Crippen LogP) is 4.22. The zero-order valence-corrected chi connectivity index (χ0v) is 11.0. The Morgan fingerprint density at radius 3 is 1.31 bits per heavy atom. The van der Waals surface area contributed by atoms with E-state index in [0.717, 1.165) is 26.6 Å². The molecule has 1 N–H and O–H groups in total. The van der Waals surface area contributed by atoms with Gasteiger partial charge in [-0.25, -0.2) is 0 Å². The van der Waals surface area contributed by atoms with Crippen molar-refractivity contribution in [2.45, 2.75) is 11.6 Å². The van der Waals surface area contributed by atoms with Crippen LogP contribution in [0.4, 0.5) is 11.4 Å². The average Bonchev–Trinajstić information content (AvgIpc) is 2.33. The van der Waals surface area contributed by atoms with E-state index in [9.17, 15) is 0 Å². The number of rotatable bonds is 2. The number of anilines is 2. The summed E-state index contributed by atoms with van der Waals surface area (Å²) >= 11 is 0.750. The van der Waals surface area contributed by atoms with E-state index in [1.165, 1.54) is 0 Å². The maximum atomic E-state index is 3.30. The van der Waals surface area contributed by atoms with Gasteiger partial charge in [0.2, 0.25) is 0 Å². The third-order valence-electron chi connectivity index (χ3n) is 1.84. The van der Waals surface area contributed by atoms with Crippen molar-refractivity contribution in [1.29, 1.82) is 0 Å². The fourth-order valence-corrected chi connectivity index (χ4v) is 1.21. The Morgan fingerprint density at radius 2 is 1.00 bits per heavy atom. The van der Waals surface area contributed by atoms with E-state index in [1.54, 1.807) is 0 Å². The van der Waals surface area contributed by atoms with E-state index < -0.39 is 0 Å². The van der Waals surface area contributed by atoms with Crippen LogP contribution < -0.4 is 5.32 Å². The van der Waals surface area contributed by atoms with Crippen LogP contribution in [0.5, 0.6) is 0 Å². The molecule has 2 heteroatoms. The molecule has 0 fully saturated rings. The average molecular weight is 226 g/mol. The first kappa shape index (κ1) is 12.8. The molecular weight excluding hydrogens is 209 g/mol. The minimum Gasteiger partial charge on any atom is -0.356 e. The second-order valence-electron chi connectivity index (χ2n) is 3.43. The van der Waals surface area contributed by atoms with Crippen molar-refractivity contribution >= 4 is 26.6 Å². The molecule has 80 valence electrons. The minimum absolute atomic E-state index is 0.750. The topological polar surface area (TPSA) is 12.0 Å². The molecule has 0 unspecified atom stereocenters. The largest absolute Gasteiger partial charge is 0.356 e. The smallest absolute Gasteiger partial charge is 0.0384 e. The Bertz CT molecular complexity index is 335. The number of nitrogens with one attached hydrogen (secondary N) is 1. The SMILES string of the molecule is [CH3][Al+][CH3].c1ccc(Nc2ccccc2)cc1. The zero-order chi connectivity index (χ0) is 11.6. The molecule has 0 amide bonds. The Balaban J connectivity index is 0.000000386. The van der Waals surface area contributed by atoms with Gasteiger partial charge in [0.25, 0.3) is 0 Å². The monoisotopic (exact) mass is 226 g/mol. The Labute approximate surface area is 104 Å². The maximum absolute atomic E-state index is 3.30. The van der Waals surface area contributed by atoms with Gasteiger partial charge >= 0.3 is 26.8 Å². The van der Waals surface area contributed by atoms with E-state index in [2.05, 4.69) is 16.9 Å². The van der Waals surface area contributed by atoms with Crippen molar-refractivity contribution in [3.05, 3.63) is 60.7 Å². The molecule has 16 heavy (non-hydrogen) atoms. The van der Waals surface area contributed by atoms with Gasteiger partial charge in [0.05, 0.1) is 0 Å². The first-order chi connectivity index (χ1) is 7.86. The summed E-state index contributed by atoms with van der Waals surface area (Å²) in [6.45, 7) is 0. The van der Waals surface area contributed by atoms with E-state index in [1.807, 2.05) is 60.7 Å². The molecule has 1 nitrogen and oxygen atoms in total. The van der Waals surface area contributed by atoms with Crippen molar-refractivity contribution in [3.8, 4) is 0 Å². The first-order valence-electron chi connectivity index (χ1n) is 5.48. The summed E-state index contributed by atoms with van der Waals surface area (Å²) in [5, 5.41) is 3.30. The molecule has 0 saturated carbocycles. The molecule has 0 aliphatic heterocycles. The van der Waals surface area contributed by atoms with Gasteiger partial charge in [0.15, 0.2) is 0 Å². The molecule has 0 aliphatic rings. The van der Waals surface area contributed by atoms with Gasteiger partial charge in [-0.1, -0.05) is 36.4 Å². The summed E-state index contributed by atoms with van der Waals surface area (Å²) in [5.41, 5.74) is 2.24. The van der Waals surface area contributed by atoms with Crippen molar-refractivity contribution in [1.82, 2.24) is 0 Å². The van der Waals surface area contributed by atoms with Crippen LogP contribution in [0.1, 0.15) is 0 Å². The van der Waals surface area contributed by atoms with Gasteiger partial charge in [0.1, 0.15) is 0 Å². The summed E-state index contributed by atoms with van der Waals surface area (Å²) in [4.78, 5) is 0. The van der Waals surface area contributed by atoms with Crippen LogP contribution in [0.15, 0.2) is 60.7 Å². The molecule has 0 aliphatic carbocycles. The van der Waals surface area contributed by atoms with E-state index in [4.69, 9.17) is 0 Å². The van der Waals surface area contributed by atoms with Crippen molar-refractivity contribution < 1.29 is 0 Å². The molecule has 0 spiro atoms. The van der Waals surface area contributed by atoms with Gasteiger partial charge in [-0.15, -0.1) is 0 Å². The molecular formula is C14H17AlN+. The first-order valence-corrected chi connectivity index (χ1v) is 7.79. The second kappa shape index (κ2) is 7.99. The van der Waals surface area contributed by atoms with E-state index in [0.29, 0.717) is 0 Å². The predicted molar refractivity (Wildman–Crippen MR) is 73.6 cm³/mol. The second-order valence-corrected chi connectivity index (χ2v) is 4.59. The van der Waals surface area contributed by atoms with Crippen molar-refractivity contribution in [3.63, 3.8) is 0 Å². The van der Waals surface area contributed by atoms with Gasteiger partial charge < -0.3 is 5.32 Å². The molecule has 2 rings (SSSR count). The molecule has 2 aromatic carbocycles.